The molecule has 0 aliphatic carbocycles. The van der Waals surface area contributed by atoms with Crippen molar-refractivity contribution in [3.05, 3.63) is 25.3 Å². The molecule has 1 amide bonds. The second kappa shape index (κ2) is 9.69. The van der Waals surface area contributed by atoms with Crippen molar-refractivity contribution in [1.82, 2.24) is 5.32 Å². The lowest BCUT2D eigenvalue weighted by atomic mass is 10.1. The molecule has 0 saturated carbocycles. The Bertz CT molecular complexity index is 352. The van der Waals surface area contributed by atoms with Crippen molar-refractivity contribution in [1.29, 1.82) is 0 Å². The first-order valence-electron chi connectivity index (χ1n) is 5.54. The van der Waals surface area contributed by atoms with Crippen LogP contribution in [0.1, 0.15) is 12.8 Å². The molecule has 0 heterocycles. The van der Waals surface area contributed by atoms with Gasteiger partial charge in [0.15, 0.2) is 0 Å². The summed E-state index contributed by atoms with van der Waals surface area (Å²) in [6.45, 7) is 6.70. The van der Waals surface area contributed by atoms with Crippen LogP contribution in [0.3, 0.4) is 0 Å². The van der Waals surface area contributed by atoms with Crippen LogP contribution in [-0.4, -0.2) is 42.4 Å². The number of hydrogen-bond acceptors (Lipinski definition) is 5. The number of aliphatic carboxylic acids is 1. The highest BCUT2D eigenvalue weighted by Gasteiger charge is 2.23. The van der Waals surface area contributed by atoms with Gasteiger partial charge in [-0.1, -0.05) is 25.3 Å². The number of rotatable bonds is 9. The standard InChI is InChI=1S/C12H17NO6/c1-3-7-18-11(16)9(5-6-10(14)15)13-12(17)19-8-4-2/h3-4,9H,1-2,5-8H2,(H,13,17)(H,14,15)/t9-/m1/s1. The zero-order chi connectivity index (χ0) is 14.7. The summed E-state index contributed by atoms with van der Waals surface area (Å²) in [4.78, 5) is 33.3. The van der Waals surface area contributed by atoms with Gasteiger partial charge in [0.05, 0.1) is 0 Å². The largest absolute Gasteiger partial charge is 0.481 e. The van der Waals surface area contributed by atoms with E-state index in [1.807, 2.05) is 0 Å². The zero-order valence-corrected chi connectivity index (χ0v) is 10.5. The molecule has 0 rings (SSSR count). The Balaban J connectivity index is 4.42. The van der Waals surface area contributed by atoms with E-state index in [-0.39, 0.29) is 26.1 Å². The predicted octanol–water partition coefficient (Wildman–Crippen LogP) is 0.861. The van der Waals surface area contributed by atoms with Crippen LogP contribution in [0.5, 0.6) is 0 Å². The maximum Gasteiger partial charge on any atom is 0.408 e. The molecule has 0 aliphatic rings. The van der Waals surface area contributed by atoms with Gasteiger partial charge in [-0.15, -0.1) is 0 Å². The fourth-order valence-corrected chi connectivity index (χ4v) is 1.08. The second-order valence-corrected chi connectivity index (χ2v) is 3.44. The first-order chi connectivity index (χ1) is 9.01. The minimum Gasteiger partial charge on any atom is -0.481 e. The monoisotopic (exact) mass is 271 g/mol. The van der Waals surface area contributed by atoms with Gasteiger partial charge in [-0.25, -0.2) is 9.59 Å². The van der Waals surface area contributed by atoms with E-state index in [0.717, 1.165) is 0 Å². The van der Waals surface area contributed by atoms with E-state index in [0.29, 0.717) is 0 Å². The van der Waals surface area contributed by atoms with Crippen LogP contribution in [0.2, 0.25) is 0 Å². The Morgan fingerprint density at radius 1 is 1.16 bits per heavy atom. The van der Waals surface area contributed by atoms with Crippen molar-refractivity contribution in [2.75, 3.05) is 13.2 Å². The van der Waals surface area contributed by atoms with Crippen molar-refractivity contribution in [2.24, 2.45) is 0 Å². The summed E-state index contributed by atoms with van der Waals surface area (Å²) in [5, 5.41) is 10.8. The molecule has 106 valence electrons. The van der Waals surface area contributed by atoms with E-state index >= 15 is 0 Å². The molecule has 19 heavy (non-hydrogen) atoms. The van der Waals surface area contributed by atoms with Gasteiger partial charge in [0.25, 0.3) is 0 Å². The Kier molecular flexibility index (Phi) is 8.51. The normalized spacial score (nSPS) is 10.9. The van der Waals surface area contributed by atoms with Crippen molar-refractivity contribution in [3.63, 3.8) is 0 Å². The van der Waals surface area contributed by atoms with Gasteiger partial charge >= 0.3 is 18.0 Å². The smallest absolute Gasteiger partial charge is 0.408 e. The van der Waals surface area contributed by atoms with E-state index < -0.39 is 24.1 Å². The molecule has 1 atom stereocenters. The number of ether oxygens (including phenoxy) is 2. The Morgan fingerprint density at radius 2 is 1.74 bits per heavy atom. The average molecular weight is 271 g/mol. The molecule has 0 saturated heterocycles. The molecule has 0 aromatic rings. The average Bonchev–Trinajstić information content (AvgIpc) is 2.38. The lowest BCUT2D eigenvalue weighted by Gasteiger charge is -2.16. The summed E-state index contributed by atoms with van der Waals surface area (Å²) >= 11 is 0. The van der Waals surface area contributed by atoms with Gasteiger partial charge in [-0.3, -0.25) is 4.79 Å². The summed E-state index contributed by atoms with van der Waals surface area (Å²) in [6.07, 6.45) is 1.51. The van der Waals surface area contributed by atoms with Crippen molar-refractivity contribution in [3.8, 4) is 0 Å². The van der Waals surface area contributed by atoms with E-state index in [4.69, 9.17) is 9.84 Å². The van der Waals surface area contributed by atoms with Crippen LogP contribution < -0.4 is 5.32 Å². The maximum absolute atomic E-state index is 11.6. The molecule has 0 spiro atoms. The highest BCUT2D eigenvalue weighted by atomic mass is 16.6. The van der Waals surface area contributed by atoms with E-state index in [2.05, 4.69) is 23.2 Å². The van der Waals surface area contributed by atoms with Gasteiger partial charge in [-0.05, 0) is 6.42 Å². The highest BCUT2D eigenvalue weighted by molar-refractivity contribution is 5.82. The quantitative estimate of drug-likeness (QED) is 0.476. The van der Waals surface area contributed by atoms with Crippen LogP contribution in [0.15, 0.2) is 25.3 Å². The number of nitrogens with one attached hydrogen (secondary N) is 1. The second-order valence-electron chi connectivity index (χ2n) is 3.44. The van der Waals surface area contributed by atoms with Gasteiger partial charge in [0.2, 0.25) is 0 Å². The van der Waals surface area contributed by atoms with Crippen LogP contribution >= 0.6 is 0 Å². The number of carbonyl (C=O) groups is 3. The third kappa shape index (κ3) is 8.42. The summed E-state index contributed by atoms with van der Waals surface area (Å²) < 4.78 is 9.39. The molecule has 0 aliphatic heterocycles. The zero-order valence-electron chi connectivity index (χ0n) is 10.5. The number of carboxylic acid groups (broad SMARTS) is 1. The first-order valence-corrected chi connectivity index (χ1v) is 5.54. The fourth-order valence-electron chi connectivity index (χ4n) is 1.08. The summed E-state index contributed by atoms with van der Waals surface area (Å²) in [7, 11) is 0. The van der Waals surface area contributed by atoms with Gasteiger partial charge in [-0.2, -0.15) is 0 Å². The minimum absolute atomic E-state index is 0.0147. The van der Waals surface area contributed by atoms with Crippen LogP contribution in [0.25, 0.3) is 0 Å². The lowest BCUT2D eigenvalue weighted by molar-refractivity contribution is -0.145. The predicted molar refractivity (Wildman–Crippen MR) is 66.5 cm³/mol. The molecule has 0 aromatic heterocycles. The fraction of sp³-hybridized carbons (Fsp3) is 0.417. The van der Waals surface area contributed by atoms with Gasteiger partial charge in [0, 0.05) is 6.42 Å². The van der Waals surface area contributed by atoms with Crippen molar-refractivity contribution >= 4 is 18.0 Å². The maximum atomic E-state index is 11.6. The van der Waals surface area contributed by atoms with Gasteiger partial charge < -0.3 is 19.9 Å². The SMILES string of the molecule is C=CCOC(=O)N[C@H](CCC(=O)O)C(=O)OCC=C. The summed E-state index contributed by atoms with van der Waals surface area (Å²) in [6, 6.07) is -1.08. The summed E-state index contributed by atoms with van der Waals surface area (Å²) in [5.41, 5.74) is 0. The summed E-state index contributed by atoms with van der Waals surface area (Å²) in [5.74, 6) is -1.82. The third-order valence-corrected chi connectivity index (χ3v) is 1.90. The molecular weight excluding hydrogens is 254 g/mol. The Hall–Kier alpha value is -2.31. The van der Waals surface area contributed by atoms with Crippen molar-refractivity contribution in [2.45, 2.75) is 18.9 Å². The highest BCUT2D eigenvalue weighted by Crippen LogP contribution is 2.01. The lowest BCUT2D eigenvalue weighted by Crippen LogP contribution is -2.42. The molecule has 0 aromatic carbocycles. The first kappa shape index (κ1) is 16.7. The Labute approximate surface area is 110 Å². The number of amides is 1. The third-order valence-electron chi connectivity index (χ3n) is 1.90. The molecule has 0 fully saturated rings. The number of hydrogen-bond donors (Lipinski definition) is 2. The van der Waals surface area contributed by atoms with E-state index in [1.54, 1.807) is 0 Å². The molecule has 0 unspecified atom stereocenters. The number of carbonyl (C=O) groups excluding carboxylic acids is 2. The minimum atomic E-state index is -1.08. The van der Waals surface area contributed by atoms with E-state index in [9.17, 15) is 14.4 Å². The van der Waals surface area contributed by atoms with Gasteiger partial charge in [0.1, 0.15) is 19.3 Å². The molecule has 7 nitrogen and oxygen atoms in total. The molecule has 7 heteroatoms. The molecule has 0 bridgehead atoms. The molecule has 2 N–H and O–H groups in total. The molecule has 0 radical (unpaired) electrons. The number of alkyl carbamates (subject to hydrolysis) is 1. The topological polar surface area (TPSA) is 102 Å². The van der Waals surface area contributed by atoms with Crippen LogP contribution in [-0.2, 0) is 19.1 Å². The van der Waals surface area contributed by atoms with Crippen LogP contribution in [0, 0.1) is 0 Å². The molecular formula is C12H17NO6. The van der Waals surface area contributed by atoms with Crippen LogP contribution in [0.4, 0.5) is 4.79 Å². The number of esters is 1. The van der Waals surface area contributed by atoms with E-state index in [1.165, 1.54) is 12.2 Å². The number of carboxylic acids is 1. The Morgan fingerprint density at radius 3 is 2.26 bits per heavy atom. The van der Waals surface area contributed by atoms with Crippen molar-refractivity contribution < 1.29 is 29.0 Å².